The zero-order valence-electron chi connectivity index (χ0n) is 13.5. The maximum absolute atomic E-state index is 13.0. The molecule has 26 heavy (non-hydrogen) atoms. The summed E-state index contributed by atoms with van der Waals surface area (Å²) in [6.07, 6.45) is 0. The van der Waals surface area contributed by atoms with E-state index in [4.69, 9.17) is 0 Å². The number of hydrogen-bond donors (Lipinski definition) is 3. The summed E-state index contributed by atoms with van der Waals surface area (Å²) < 4.78 is 28.7. The maximum atomic E-state index is 13.0. The molecule has 4 aromatic rings. The van der Waals surface area contributed by atoms with E-state index in [2.05, 4.69) is 14.7 Å². The Bertz CT molecular complexity index is 1190. The van der Waals surface area contributed by atoms with Crippen LogP contribution in [0.5, 0.6) is 0 Å². The average molecular weight is 385 g/mol. The van der Waals surface area contributed by atoms with E-state index < -0.39 is 16.1 Å². The Balaban J connectivity index is 1.74. The van der Waals surface area contributed by atoms with E-state index in [9.17, 15) is 13.2 Å². The van der Waals surface area contributed by atoms with E-state index in [1.165, 1.54) is 23.5 Å². The van der Waals surface area contributed by atoms with E-state index in [0.717, 1.165) is 10.4 Å². The van der Waals surface area contributed by atoms with Gasteiger partial charge < -0.3 is 9.97 Å². The summed E-state index contributed by atoms with van der Waals surface area (Å²) in [5.74, 6) is 0. The SMILES string of the molecule is O=c1[nH]c2ccc(S(=O)(=O)N[C@@H](c3ccccc3)c3cccs3)cc2[nH]1. The molecular formula is C18H15N3O3S2. The number of imidazole rings is 1. The molecule has 4 rings (SSSR count). The summed E-state index contributed by atoms with van der Waals surface area (Å²) in [4.78, 5) is 17.6. The number of benzene rings is 2. The fourth-order valence-electron chi connectivity index (χ4n) is 2.79. The van der Waals surface area contributed by atoms with Crippen molar-refractivity contribution >= 4 is 32.4 Å². The van der Waals surface area contributed by atoms with Crippen LogP contribution in [0.1, 0.15) is 16.5 Å². The number of fused-ring (bicyclic) bond motifs is 1. The molecule has 0 fully saturated rings. The molecule has 0 radical (unpaired) electrons. The number of aromatic amines is 2. The maximum Gasteiger partial charge on any atom is 0.323 e. The Hall–Kier alpha value is -2.68. The molecule has 0 saturated heterocycles. The molecule has 2 aromatic carbocycles. The van der Waals surface area contributed by atoms with Gasteiger partial charge in [-0.2, -0.15) is 4.72 Å². The number of thiophene rings is 1. The summed E-state index contributed by atoms with van der Waals surface area (Å²) in [5.41, 5.74) is 1.50. The topological polar surface area (TPSA) is 94.8 Å². The summed E-state index contributed by atoms with van der Waals surface area (Å²) in [7, 11) is -3.80. The van der Waals surface area contributed by atoms with E-state index in [1.807, 2.05) is 47.8 Å². The summed E-state index contributed by atoms with van der Waals surface area (Å²) in [6.45, 7) is 0. The van der Waals surface area contributed by atoms with Gasteiger partial charge in [-0.15, -0.1) is 11.3 Å². The van der Waals surface area contributed by atoms with Crippen molar-refractivity contribution in [2.75, 3.05) is 0 Å². The minimum Gasteiger partial charge on any atom is -0.306 e. The average Bonchev–Trinajstić information content (AvgIpc) is 3.28. The molecule has 0 aliphatic heterocycles. The van der Waals surface area contributed by atoms with Gasteiger partial charge in [0.25, 0.3) is 0 Å². The van der Waals surface area contributed by atoms with Gasteiger partial charge in [-0.05, 0) is 35.2 Å². The lowest BCUT2D eigenvalue weighted by atomic mass is 10.1. The van der Waals surface area contributed by atoms with Crippen LogP contribution < -0.4 is 10.4 Å². The summed E-state index contributed by atoms with van der Waals surface area (Å²) >= 11 is 1.49. The number of hydrogen-bond acceptors (Lipinski definition) is 4. The molecule has 2 aromatic heterocycles. The lowest BCUT2D eigenvalue weighted by Crippen LogP contribution is -2.29. The van der Waals surface area contributed by atoms with Crippen LogP contribution in [0, 0.1) is 0 Å². The smallest absolute Gasteiger partial charge is 0.306 e. The van der Waals surface area contributed by atoms with Crippen molar-refractivity contribution in [3.8, 4) is 0 Å². The monoisotopic (exact) mass is 385 g/mol. The van der Waals surface area contributed by atoms with Gasteiger partial charge in [-0.3, -0.25) is 0 Å². The van der Waals surface area contributed by atoms with E-state index in [0.29, 0.717) is 11.0 Å². The molecule has 1 atom stereocenters. The zero-order valence-corrected chi connectivity index (χ0v) is 15.1. The second-order valence-electron chi connectivity index (χ2n) is 5.77. The van der Waals surface area contributed by atoms with E-state index in [-0.39, 0.29) is 10.6 Å². The van der Waals surface area contributed by atoms with Gasteiger partial charge in [0.1, 0.15) is 0 Å². The molecule has 0 aliphatic carbocycles. The van der Waals surface area contributed by atoms with Gasteiger partial charge in [0, 0.05) is 4.88 Å². The molecule has 3 N–H and O–H groups in total. The molecule has 6 nitrogen and oxygen atoms in total. The highest BCUT2D eigenvalue weighted by Gasteiger charge is 2.24. The largest absolute Gasteiger partial charge is 0.323 e. The van der Waals surface area contributed by atoms with Crippen molar-refractivity contribution in [2.45, 2.75) is 10.9 Å². The first-order valence-corrected chi connectivity index (χ1v) is 10.2. The van der Waals surface area contributed by atoms with Crippen LogP contribution in [0.25, 0.3) is 11.0 Å². The first-order valence-electron chi connectivity index (χ1n) is 7.86. The molecule has 0 amide bonds. The first-order chi connectivity index (χ1) is 12.5. The molecule has 132 valence electrons. The van der Waals surface area contributed by atoms with Crippen LogP contribution in [-0.4, -0.2) is 18.4 Å². The third kappa shape index (κ3) is 3.22. The first kappa shape index (κ1) is 16.8. The fraction of sp³-hybridized carbons (Fsp3) is 0.0556. The quantitative estimate of drug-likeness (QED) is 0.493. The third-order valence-corrected chi connectivity index (χ3v) is 6.39. The second kappa shape index (κ2) is 6.56. The van der Waals surface area contributed by atoms with Crippen LogP contribution in [0.15, 0.2) is 75.7 Å². The highest BCUT2D eigenvalue weighted by Crippen LogP contribution is 2.28. The van der Waals surface area contributed by atoms with Gasteiger partial charge in [0.15, 0.2) is 0 Å². The molecule has 0 spiro atoms. The van der Waals surface area contributed by atoms with Gasteiger partial charge in [-0.25, -0.2) is 13.2 Å². The number of sulfonamides is 1. The molecule has 2 heterocycles. The normalized spacial score (nSPS) is 13.1. The minimum atomic E-state index is -3.80. The molecule has 0 bridgehead atoms. The number of aromatic nitrogens is 2. The number of nitrogens with one attached hydrogen (secondary N) is 3. The van der Waals surface area contributed by atoms with Gasteiger partial charge in [-0.1, -0.05) is 36.4 Å². The Morgan fingerprint density at radius 1 is 0.923 bits per heavy atom. The Morgan fingerprint density at radius 2 is 1.69 bits per heavy atom. The van der Waals surface area contributed by atoms with Crippen molar-refractivity contribution in [2.24, 2.45) is 0 Å². The molecule has 0 saturated carbocycles. The van der Waals surface area contributed by atoms with Gasteiger partial charge >= 0.3 is 5.69 Å². The Kier molecular flexibility index (Phi) is 4.23. The van der Waals surface area contributed by atoms with Crippen molar-refractivity contribution in [3.63, 3.8) is 0 Å². The van der Waals surface area contributed by atoms with Crippen LogP contribution in [-0.2, 0) is 10.0 Å². The van der Waals surface area contributed by atoms with Crippen molar-refractivity contribution < 1.29 is 8.42 Å². The Morgan fingerprint density at radius 3 is 2.42 bits per heavy atom. The third-order valence-electron chi connectivity index (χ3n) is 4.03. The van der Waals surface area contributed by atoms with E-state index >= 15 is 0 Å². The lowest BCUT2D eigenvalue weighted by Gasteiger charge is -2.18. The van der Waals surface area contributed by atoms with Crippen molar-refractivity contribution in [3.05, 3.63) is 87.0 Å². The van der Waals surface area contributed by atoms with Gasteiger partial charge in [0.2, 0.25) is 10.0 Å². The molecular weight excluding hydrogens is 370 g/mol. The van der Waals surface area contributed by atoms with Crippen LogP contribution in [0.4, 0.5) is 0 Å². The zero-order chi connectivity index (χ0) is 18.1. The van der Waals surface area contributed by atoms with Crippen LogP contribution in [0.3, 0.4) is 0 Å². The number of rotatable bonds is 5. The summed E-state index contributed by atoms with van der Waals surface area (Å²) in [6, 6.07) is 17.2. The standard InChI is InChI=1S/C18H15N3O3S2/c22-18-19-14-9-8-13(11-15(14)20-18)26(23,24)21-17(16-7-4-10-25-16)12-5-2-1-3-6-12/h1-11,17,21H,(H2,19,20,22)/t17-/m0/s1. The second-order valence-corrected chi connectivity index (χ2v) is 8.46. The lowest BCUT2D eigenvalue weighted by molar-refractivity contribution is 0.573. The highest BCUT2D eigenvalue weighted by atomic mass is 32.2. The van der Waals surface area contributed by atoms with Crippen LogP contribution >= 0.6 is 11.3 Å². The molecule has 0 aliphatic rings. The van der Waals surface area contributed by atoms with Crippen molar-refractivity contribution in [1.82, 2.24) is 14.7 Å². The molecule has 0 unspecified atom stereocenters. The predicted molar refractivity (Wildman–Crippen MR) is 102 cm³/mol. The van der Waals surface area contributed by atoms with E-state index in [1.54, 1.807) is 6.07 Å². The minimum absolute atomic E-state index is 0.0951. The van der Waals surface area contributed by atoms with Gasteiger partial charge in [0.05, 0.1) is 22.0 Å². The number of H-pyrrole nitrogens is 2. The summed E-state index contributed by atoms with van der Waals surface area (Å²) in [5, 5.41) is 1.91. The highest BCUT2D eigenvalue weighted by molar-refractivity contribution is 7.89. The predicted octanol–water partition coefficient (Wildman–Crippen LogP) is 2.99. The Labute approximate surface area is 153 Å². The fourth-order valence-corrected chi connectivity index (χ4v) is 4.90. The van der Waals surface area contributed by atoms with Crippen LogP contribution in [0.2, 0.25) is 0 Å². The molecule has 8 heteroatoms. The van der Waals surface area contributed by atoms with Crippen molar-refractivity contribution in [1.29, 1.82) is 0 Å².